The van der Waals surface area contributed by atoms with Crippen LogP contribution in [0.2, 0.25) is 0 Å². The lowest BCUT2D eigenvalue weighted by Crippen LogP contribution is -2.37. The number of halogens is 2. The van der Waals surface area contributed by atoms with Gasteiger partial charge in [-0.1, -0.05) is 61.7 Å². The number of pyridine rings is 1. The quantitative estimate of drug-likeness (QED) is 0.0972. The zero-order valence-electron chi connectivity index (χ0n) is 22.3. The van der Waals surface area contributed by atoms with E-state index < -0.39 is 5.97 Å². The average molecular weight is 708 g/mol. The van der Waals surface area contributed by atoms with Gasteiger partial charge in [0.15, 0.2) is 6.61 Å². The number of benzene rings is 2. The molecule has 1 aliphatic heterocycles. The summed E-state index contributed by atoms with van der Waals surface area (Å²) in [5.41, 5.74) is 3.66. The molecule has 6 atom stereocenters. The number of esters is 1. The number of fused-ring (bicyclic) bond motifs is 6. The van der Waals surface area contributed by atoms with E-state index in [9.17, 15) is 19.2 Å². The summed E-state index contributed by atoms with van der Waals surface area (Å²) in [7, 11) is 0. The van der Waals surface area contributed by atoms with Crippen LogP contribution in [-0.4, -0.2) is 44.8 Å². The van der Waals surface area contributed by atoms with E-state index >= 15 is 0 Å². The number of aryl methyl sites for hydroxylation is 1. The number of thiophene rings is 1. The lowest BCUT2D eigenvalue weighted by Gasteiger charge is -2.28. The Hall–Kier alpha value is -3.21. The topological polar surface area (TPSA) is 93.6 Å². The molecule has 0 spiro atoms. The normalized spacial score (nSPS) is 26.2. The number of ketones is 1. The zero-order valence-corrected chi connectivity index (χ0v) is 26.3. The molecule has 0 N–H and O–H groups in total. The fraction of sp³-hybridized carbons (Fsp3) is 0.281. The molecule has 10 heteroatoms. The highest BCUT2D eigenvalue weighted by Crippen LogP contribution is 2.60. The molecule has 2 saturated carbocycles. The Morgan fingerprint density at radius 1 is 0.976 bits per heavy atom. The van der Waals surface area contributed by atoms with E-state index in [-0.39, 0.29) is 57.5 Å². The summed E-state index contributed by atoms with van der Waals surface area (Å²) in [4.78, 5) is 59.6. The number of anilines is 1. The molecule has 2 aromatic heterocycles. The highest BCUT2D eigenvalue weighted by Gasteiger charge is 2.66. The van der Waals surface area contributed by atoms with Crippen LogP contribution in [0, 0.1) is 30.6 Å². The van der Waals surface area contributed by atoms with E-state index in [2.05, 4.69) is 31.9 Å². The lowest BCUT2D eigenvalue weighted by molar-refractivity contribution is -0.123. The van der Waals surface area contributed by atoms with Gasteiger partial charge >= 0.3 is 5.97 Å². The number of rotatable bonds is 6. The van der Waals surface area contributed by atoms with Crippen molar-refractivity contribution in [2.75, 3.05) is 11.5 Å². The van der Waals surface area contributed by atoms with Crippen molar-refractivity contribution in [2.24, 2.45) is 23.7 Å². The maximum Gasteiger partial charge on any atom is 0.339 e. The zero-order chi connectivity index (χ0) is 29.3. The number of imide groups is 1. The van der Waals surface area contributed by atoms with Gasteiger partial charge in [0.05, 0.1) is 39.2 Å². The van der Waals surface area contributed by atoms with Gasteiger partial charge in [-0.15, -0.1) is 11.3 Å². The first kappa shape index (κ1) is 27.6. The van der Waals surface area contributed by atoms with Gasteiger partial charge in [0.25, 0.3) is 0 Å². The molecule has 3 heterocycles. The van der Waals surface area contributed by atoms with Crippen LogP contribution in [0.1, 0.15) is 32.0 Å². The third-order valence-electron chi connectivity index (χ3n) is 8.72. The van der Waals surface area contributed by atoms with Crippen molar-refractivity contribution in [2.45, 2.75) is 23.0 Å². The maximum absolute atomic E-state index is 13.5. The Morgan fingerprint density at radius 2 is 1.67 bits per heavy atom. The van der Waals surface area contributed by atoms with Crippen LogP contribution < -0.4 is 4.90 Å². The molecule has 7 nitrogen and oxygen atoms in total. The number of amides is 2. The van der Waals surface area contributed by atoms with Crippen molar-refractivity contribution in [3.05, 3.63) is 82.0 Å². The van der Waals surface area contributed by atoms with Crippen LogP contribution in [0.15, 0.2) is 66.0 Å². The van der Waals surface area contributed by atoms with Crippen LogP contribution in [0.4, 0.5) is 5.69 Å². The third-order valence-corrected chi connectivity index (χ3v) is 12.8. The fourth-order valence-electron chi connectivity index (χ4n) is 6.76. The Bertz CT molecular complexity index is 1740. The molecule has 3 aliphatic rings. The van der Waals surface area contributed by atoms with E-state index in [1.54, 1.807) is 47.8 Å². The van der Waals surface area contributed by atoms with Crippen molar-refractivity contribution in [3.8, 4) is 11.3 Å². The fourth-order valence-corrected chi connectivity index (χ4v) is 9.28. The third kappa shape index (κ3) is 4.37. The number of hydrogen-bond donors (Lipinski definition) is 0. The largest absolute Gasteiger partial charge is 0.454 e. The van der Waals surface area contributed by atoms with E-state index in [1.807, 2.05) is 25.1 Å². The predicted molar refractivity (Wildman–Crippen MR) is 167 cm³/mol. The van der Waals surface area contributed by atoms with E-state index in [0.717, 1.165) is 12.0 Å². The Labute approximate surface area is 262 Å². The minimum Gasteiger partial charge on any atom is -0.454 e. The average Bonchev–Trinajstić information content (AvgIpc) is 3.77. The second-order valence-electron chi connectivity index (χ2n) is 11.1. The summed E-state index contributed by atoms with van der Waals surface area (Å²) in [6.45, 7) is 1.57. The maximum atomic E-state index is 13.5. The number of aromatic nitrogens is 1. The minimum absolute atomic E-state index is 0.129. The van der Waals surface area contributed by atoms with Gasteiger partial charge in [0.2, 0.25) is 17.6 Å². The summed E-state index contributed by atoms with van der Waals surface area (Å²) in [5.74, 6) is -1.41. The monoisotopic (exact) mass is 706 g/mol. The molecule has 4 aromatic rings. The lowest BCUT2D eigenvalue weighted by atomic mass is 9.81. The first-order chi connectivity index (χ1) is 20.2. The van der Waals surface area contributed by atoms with Gasteiger partial charge in [-0.05, 0) is 67.0 Å². The SMILES string of the molecule is Cc1ccc2nc(-c3ccc(N4C(=O)C5C6CC(C(Br)C6Br)C5C4=O)cc3)cc(C(=O)OCC(=O)c3cccs3)c2c1. The number of nitrogens with zero attached hydrogens (tertiary/aromatic N) is 2. The summed E-state index contributed by atoms with van der Waals surface area (Å²) < 4.78 is 5.44. The first-order valence-electron chi connectivity index (χ1n) is 13.6. The molecule has 7 rings (SSSR count). The summed E-state index contributed by atoms with van der Waals surface area (Å²) in [6, 6.07) is 17.9. The standard InChI is InChI=1S/C32H24Br2N2O5S/c1-15-4-9-22-18(11-15)19(32(40)41-14-24(37)25-3-2-10-42-25)13-23(35-22)16-5-7-17(8-6-16)36-30(38)26-20-12-21(27(26)31(36)39)29(34)28(20)33/h2-11,13,20-21,26-29H,12,14H2,1H3. The number of carbonyl (C=O) groups is 4. The molecule has 0 radical (unpaired) electrons. The van der Waals surface area contributed by atoms with Gasteiger partial charge in [0, 0.05) is 20.6 Å². The minimum atomic E-state index is -0.611. The molecule has 1 saturated heterocycles. The van der Waals surface area contributed by atoms with Crippen LogP contribution in [0.5, 0.6) is 0 Å². The Balaban J connectivity index is 1.17. The smallest absolute Gasteiger partial charge is 0.339 e. The number of carbonyl (C=O) groups excluding carboxylic acids is 4. The van der Waals surface area contributed by atoms with Crippen LogP contribution in [0.25, 0.3) is 22.2 Å². The van der Waals surface area contributed by atoms with Gasteiger partial charge in [-0.25, -0.2) is 9.78 Å². The Morgan fingerprint density at radius 3 is 2.31 bits per heavy atom. The van der Waals surface area contributed by atoms with E-state index in [1.165, 1.54) is 16.2 Å². The van der Waals surface area contributed by atoms with Gasteiger partial charge in [0.1, 0.15) is 0 Å². The molecule has 212 valence electrons. The number of ether oxygens (including phenoxy) is 1. The van der Waals surface area contributed by atoms with Crippen LogP contribution in [0.3, 0.4) is 0 Å². The van der Waals surface area contributed by atoms with Crippen molar-refractivity contribution in [1.82, 2.24) is 4.98 Å². The summed E-state index contributed by atoms with van der Waals surface area (Å²) >= 11 is 8.77. The second-order valence-corrected chi connectivity index (χ2v) is 14.2. The molecule has 6 unspecified atom stereocenters. The molecule has 3 fully saturated rings. The highest BCUT2D eigenvalue weighted by molar-refractivity contribution is 9.12. The van der Waals surface area contributed by atoms with Gasteiger partial charge in [-0.2, -0.15) is 0 Å². The Kier molecular flexibility index (Phi) is 6.90. The number of Topliss-reactive ketones (excluding diaryl/α,β-unsaturated/α-hetero) is 1. The number of hydrogen-bond acceptors (Lipinski definition) is 7. The second kappa shape index (κ2) is 10.5. The van der Waals surface area contributed by atoms with Gasteiger partial charge in [-0.3, -0.25) is 19.3 Å². The first-order valence-corrected chi connectivity index (χ1v) is 16.4. The molecular formula is C32H24Br2N2O5S. The molecule has 2 amide bonds. The molecule has 2 aromatic carbocycles. The van der Waals surface area contributed by atoms with Crippen molar-refractivity contribution in [1.29, 1.82) is 0 Å². The molecule has 2 aliphatic carbocycles. The summed E-state index contributed by atoms with van der Waals surface area (Å²) in [6.07, 6.45) is 0.881. The highest BCUT2D eigenvalue weighted by atomic mass is 79.9. The molecule has 42 heavy (non-hydrogen) atoms. The van der Waals surface area contributed by atoms with Crippen LogP contribution in [-0.2, 0) is 14.3 Å². The van der Waals surface area contributed by atoms with Crippen molar-refractivity contribution >= 4 is 83.4 Å². The van der Waals surface area contributed by atoms with Crippen molar-refractivity contribution in [3.63, 3.8) is 0 Å². The summed E-state index contributed by atoms with van der Waals surface area (Å²) in [5, 5.41) is 2.43. The van der Waals surface area contributed by atoms with Crippen LogP contribution >= 0.6 is 43.2 Å². The van der Waals surface area contributed by atoms with Crippen molar-refractivity contribution < 1.29 is 23.9 Å². The van der Waals surface area contributed by atoms with E-state index in [0.29, 0.717) is 38.3 Å². The van der Waals surface area contributed by atoms with Gasteiger partial charge < -0.3 is 4.74 Å². The predicted octanol–water partition coefficient (Wildman–Crippen LogP) is 6.59. The number of alkyl halides is 2. The molecular weight excluding hydrogens is 684 g/mol. The van der Waals surface area contributed by atoms with E-state index in [4.69, 9.17) is 9.72 Å². The molecule has 2 bridgehead atoms.